The first kappa shape index (κ1) is 14.5. The van der Waals surface area contributed by atoms with Gasteiger partial charge in [-0.2, -0.15) is 0 Å². The summed E-state index contributed by atoms with van der Waals surface area (Å²) in [7, 11) is -2.90. The van der Waals surface area contributed by atoms with Gasteiger partial charge in [0.25, 0.3) is 0 Å². The van der Waals surface area contributed by atoms with E-state index < -0.39 is 9.84 Å². The number of nitrogens with two attached hydrogens (primary N) is 1. The van der Waals surface area contributed by atoms with Crippen molar-refractivity contribution in [3.63, 3.8) is 0 Å². The van der Waals surface area contributed by atoms with Crippen LogP contribution in [-0.2, 0) is 16.4 Å². The zero-order chi connectivity index (χ0) is 15.0. The maximum Gasteiger partial charge on any atom is 0.182 e. The molecular weight excluding hydrogens is 358 g/mol. The SMILES string of the molecule is Nc1cc(-c2nnnn2CC2CCS(=O)(=O)C2)ccc1Br. The summed E-state index contributed by atoms with van der Waals surface area (Å²) in [5.74, 6) is 1.11. The van der Waals surface area contributed by atoms with Gasteiger partial charge in [-0.1, -0.05) is 0 Å². The predicted octanol–water partition coefficient (Wildman–Crippen LogP) is 1.12. The lowest BCUT2D eigenvalue weighted by Gasteiger charge is -2.09. The summed E-state index contributed by atoms with van der Waals surface area (Å²) < 4.78 is 25.5. The smallest absolute Gasteiger partial charge is 0.182 e. The zero-order valence-electron chi connectivity index (χ0n) is 11.1. The Hall–Kier alpha value is -1.48. The maximum absolute atomic E-state index is 11.5. The molecule has 0 radical (unpaired) electrons. The molecule has 1 saturated heterocycles. The molecule has 1 unspecified atom stereocenters. The molecule has 0 bridgehead atoms. The summed E-state index contributed by atoms with van der Waals surface area (Å²) in [6.07, 6.45) is 0.657. The zero-order valence-corrected chi connectivity index (χ0v) is 13.5. The maximum atomic E-state index is 11.5. The Morgan fingerprint density at radius 3 is 2.90 bits per heavy atom. The fourth-order valence-corrected chi connectivity index (χ4v) is 4.57. The number of halogens is 1. The van der Waals surface area contributed by atoms with Crippen LogP contribution in [0.4, 0.5) is 5.69 Å². The van der Waals surface area contributed by atoms with Crippen LogP contribution in [0.5, 0.6) is 0 Å². The molecule has 3 rings (SSSR count). The van der Waals surface area contributed by atoms with Crippen LogP contribution in [0.15, 0.2) is 22.7 Å². The summed E-state index contributed by atoms with van der Waals surface area (Å²) in [5.41, 5.74) is 7.28. The number of nitrogens with zero attached hydrogens (tertiary/aromatic N) is 4. The largest absolute Gasteiger partial charge is 0.398 e. The Morgan fingerprint density at radius 1 is 1.43 bits per heavy atom. The summed E-state index contributed by atoms with van der Waals surface area (Å²) in [5, 5.41) is 11.7. The second-order valence-corrected chi connectivity index (χ2v) is 8.27. The number of aromatic nitrogens is 4. The standard InChI is InChI=1S/C12H14BrN5O2S/c13-10-2-1-9(5-11(10)14)12-15-16-17-18(12)6-8-3-4-21(19,20)7-8/h1-2,5,8H,3-4,6-7,14H2. The third-order valence-electron chi connectivity index (χ3n) is 3.54. The molecule has 2 heterocycles. The highest BCUT2D eigenvalue weighted by molar-refractivity contribution is 9.10. The van der Waals surface area contributed by atoms with Crippen LogP contribution in [0, 0.1) is 5.92 Å². The van der Waals surface area contributed by atoms with E-state index in [-0.39, 0.29) is 17.4 Å². The molecule has 1 atom stereocenters. The van der Waals surface area contributed by atoms with Gasteiger partial charge in [0.05, 0.1) is 11.5 Å². The van der Waals surface area contributed by atoms with Gasteiger partial charge in [-0.25, -0.2) is 13.1 Å². The molecule has 112 valence electrons. The number of nitrogen functional groups attached to an aromatic ring is 1. The van der Waals surface area contributed by atoms with E-state index in [1.54, 1.807) is 10.7 Å². The van der Waals surface area contributed by atoms with Gasteiger partial charge >= 0.3 is 0 Å². The summed E-state index contributed by atoms with van der Waals surface area (Å²) in [6, 6.07) is 5.50. The van der Waals surface area contributed by atoms with E-state index >= 15 is 0 Å². The Balaban J connectivity index is 1.85. The van der Waals surface area contributed by atoms with Crippen molar-refractivity contribution in [3.05, 3.63) is 22.7 Å². The van der Waals surface area contributed by atoms with E-state index in [2.05, 4.69) is 31.5 Å². The van der Waals surface area contributed by atoms with Gasteiger partial charge in [-0.3, -0.25) is 0 Å². The Labute approximate surface area is 130 Å². The summed E-state index contributed by atoms with van der Waals surface area (Å²) in [4.78, 5) is 0. The van der Waals surface area contributed by atoms with Crippen LogP contribution < -0.4 is 5.73 Å². The van der Waals surface area contributed by atoms with E-state index in [1.165, 1.54) is 0 Å². The Kier molecular flexibility index (Phi) is 3.70. The Bertz CT molecular complexity index is 774. The fraction of sp³-hybridized carbons (Fsp3) is 0.417. The Morgan fingerprint density at radius 2 is 2.24 bits per heavy atom. The lowest BCUT2D eigenvalue weighted by molar-refractivity contribution is 0.452. The van der Waals surface area contributed by atoms with Crippen molar-refractivity contribution in [2.75, 3.05) is 17.2 Å². The molecule has 1 aliphatic heterocycles. The topological polar surface area (TPSA) is 104 Å². The van der Waals surface area contributed by atoms with Gasteiger partial charge in [0.1, 0.15) is 0 Å². The third-order valence-corrected chi connectivity index (χ3v) is 6.10. The highest BCUT2D eigenvalue weighted by Gasteiger charge is 2.29. The lowest BCUT2D eigenvalue weighted by atomic mass is 10.1. The first-order valence-electron chi connectivity index (χ1n) is 6.46. The van der Waals surface area contributed by atoms with E-state index in [1.807, 2.05) is 12.1 Å². The minimum absolute atomic E-state index is 0.0602. The van der Waals surface area contributed by atoms with Crippen molar-refractivity contribution in [2.45, 2.75) is 13.0 Å². The van der Waals surface area contributed by atoms with Gasteiger partial charge < -0.3 is 5.73 Å². The van der Waals surface area contributed by atoms with Crippen molar-refractivity contribution < 1.29 is 8.42 Å². The minimum atomic E-state index is -2.90. The first-order valence-corrected chi connectivity index (χ1v) is 9.08. The molecule has 1 aromatic heterocycles. The van der Waals surface area contributed by atoms with E-state index in [0.717, 1.165) is 10.0 Å². The minimum Gasteiger partial charge on any atom is -0.398 e. The molecule has 0 amide bonds. The van der Waals surface area contributed by atoms with Crippen LogP contribution in [0.3, 0.4) is 0 Å². The molecule has 1 fully saturated rings. The van der Waals surface area contributed by atoms with Gasteiger partial charge in [0, 0.05) is 22.3 Å². The molecule has 1 aromatic carbocycles. The number of hydrogen-bond acceptors (Lipinski definition) is 6. The van der Waals surface area contributed by atoms with Gasteiger partial charge in [0.15, 0.2) is 15.7 Å². The average Bonchev–Trinajstić information content (AvgIpc) is 3.00. The van der Waals surface area contributed by atoms with Crippen LogP contribution in [-0.4, -0.2) is 40.1 Å². The van der Waals surface area contributed by atoms with Crippen molar-refractivity contribution in [1.82, 2.24) is 20.2 Å². The molecule has 0 aliphatic carbocycles. The van der Waals surface area contributed by atoms with Gasteiger partial charge in [-0.05, 0) is 56.9 Å². The summed E-state index contributed by atoms with van der Waals surface area (Å²) in [6.45, 7) is 0.498. The predicted molar refractivity (Wildman–Crippen MR) is 82.1 cm³/mol. The highest BCUT2D eigenvalue weighted by Crippen LogP contribution is 2.27. The fourth-order valence-electron chi connectivity index (χ4n) is 2.48. The molecule has 0 saturated carbocycles. The number of tetrazole rings is 1. The molecule has 2 N–H and O–H groups in total. The highest BCUT2D eigenvalue weighted by atomic mass is 79.9. The number of hydrogen-bond donors (Lipinski definition) is 1. The molecule has 9 heteroatoms. The lowest BCUT2D eigenvalue weighted by Crippen LogP contribution is -2.14. The normalized spacial score (nSPS) is 20.7. The number of anilines is 1. The average molecular weight is 372 g/mol. The van der Waals surface area contributed by atoms with Crippen molar-refractivity contribution in [2.24, 2.45) is 5.92 Å². The monoisotopic (exact) mass is 371 g/mol. The van der Waals surface area contributed by atoms with Crippen molar-refractivity contribution in [3.8, 4) is 11.4 Å². The van der Waals surface area contributed by atoms with Crippen LogP contribution in [0.25, 0.3) is 11.4 Å². The molecule has 7 nitrogen and oxygen atoms in total. The van der Waals surface area contributed by atoms with Crippen LogP contribution >= 0.6 is 15.9 Å². The van der Waals surface area contributed by atoms with Crippen molar-refractivity contribution in [1.29, 1.82) is 0 Å². The van der Waals surface area contributed by atoms with Crippen LogP contribution in [0.1, 0.15) is 6.42 Å². The third kappa shape index (κ3) is 3.08. The van der Waals surface area contributed by atoms with Crippen LogP contribution in [0.2, 0.25) is 0 Å². The second kappa shape index (κ2) is 5.38. The van der Waals surface area contributed by atoms with Gasteiger partial charge in [-0.15, -0.1) is 5.10 Å². The molecule has 1 aliphatic rings. The molecular formula is C12H14BrN5O2S. The number of rotatable bonds is 3. The second-order valence-electron chi connectivity index (χ2n) is 5.19. The van der Waals surface area contributed by atoms with E-state index in [4.69, 9.17) is 5.73 Å². The molecule has 2 aromatic rings. The number of sulfone groups is 1. The van der Waals surface area contributed by atoms with Gasteiger partial charge in [0.2, 0.25) is 0 Å². The molecule has 21 heavy (non-hydrogen) atoms. The molecule has 0 spiro atoms. The van der Waals surface area contributed by atoms with E-state index in [9.17, 15) is 8.42 Å². The first-order chi connectivity index (χ1) is 9.94. The quantitative estimate of drug-likeness (QED) is 0.810. The van der Waals surface area contributed by atoms with Crippen molar-refractivity contribution >= 4 is 31.5 Å². The number of benzene rings is 1. The summed E-state index contributed by atoms with van der Waals surface area (Å²) >= 11 is 3.34. The van der Waals surface area contributed by atoms with E-state index in [0.29, 0.717) is 24.5 Å².